The van der Waals surface area contributed by atoms with Gasteiger partial charge >= 0.3 is 0 Å². The van der Waals surface area contributed by atoms with Gasteiger partial charge in [-0.2, -0.15) is 0 Å². The van der Waals surface area contributed by atoms with Crippen molar-refractivity contribution in [1.82, 2.24) is 0 Å². The first-order valence-corrected chi connectivity index (χ1v) is 7.20. The van der Waals surface area contributed by atoms with Crippen LogP contribution in [0.2, 0.25) is 5.02 Å². The van der Waals surface area contributed by atoms with Crippen LogP contribution in [0, 0.1) is 6.92 Å². The second-order valence-corrected chi connectivity index (χ2v) is 5.97. The number of aryl methyl sites for hydroxylation is 1. The van der Waals surface area contributed by atoms with Gasteiger partial charge in [0, 0.05) is 10.6 Å². The van der Waals surface area contributed by atoms with Crippen LogP contribution in [0.5, 0.6) is 0 Å². The van der Waals surface area contributed by atoms with Gasteiger partial charge in [-0.3, -0.25) is 0 Å². The first-order valence-electron chi connectivity index (χ1n) is 5.28. The number of sulfonamides is 1. The van der Waals surface area contributed by atoms with Crippen molar-refractivity contribution in [3.8, 4) is 11.1 Å². The van der Waals surface area contributed by atoms with Crippen molar-refractivity contribution in [2.45, 2.75) is 11.8 Å². The molecular weight excluding hydrogens is 270 g/mol. The van der Waals surface area contributed by atoms with Crippen LogP contribution in [-0.4, -0.2) is 8.42 Å². The highest BCUT2D eigenvalue weighted by molar-refractivity contribution is 7.89. The summed E-state index contributed by atoms with van der Waals surface area (Å²) < 4.78 is 23.1. The molecule has 0 spiro atoms. The van der Waals surface area contributed by atoms with Crippen molar-refractivity contribution >= 4 is 21.6 Å². The van der Waals surface area contributed by atoms with E-state index in [1.54, 1.807) is 30.3 Å². The summed E-state index contributed by atoms with van der Waals surface area (Å²) in [6, 6.07) is 12.0. The predicted molar refractivity (Wildman–Crippen MR) is 73.0 cm³/mol. The zero-order valence-corrected chi connectivity index (χ0v) is 11.3. The highest BCUT2D eigenvalue weighted by Crippen LogP contribution is 2.31. The summed E-state index contributed by atoms with van der Waals surface area (Å²) in [6.07, 6.45) is 0. The van der Waals surface area contributed by atoms with Crippen LogP contribution in [0.15, 0.2) is 47.4 Å². The van der Waals surface area contributed by atoms with Crippen molar-refractivity contribution in [3.63, 3.8) is 0 Å². The smallest absolute Gasteiger partial charge is 0.225 e. The molecule has 2 N–H and O–H groups in total. The Labute approximate surface area is 111 Å². The quantitative estimate of drug-likeness (QED) is 0.920. The summed E-state index contributed by atoms with van der Waals surface area (Å²) in [4.78, 5) is 0.107. The van der Waals surface area contributed by atoms with Crippen molar-refractivity contribution in [1.29, 1.82) is 0 Å². The number of hydrogen-bond donors (Lipinski definition) is 1. The largest absolute Gasteiger partial charge is 0.238 e. The van der Waals surface area contributed by atoms with E-state index in [1.165, 1.54) is 6.07 Å². The molecule has 0 amide bonds. The van der Waals surface area contributed by atoms with Gasteiger partial charge in [-0.1, -0.05) is 35.9 Å². The third kappa shape index (κ3) is 2.56. The molecule has 3 nitrogen and oxygen atoms in total. The zero-order chi connectivity index (χ0) is 13.3. The topological polar surface area (TPSA) is 60.2 Å². The SMILES string of the molecule is Cc1ccc(Cl)cc1-c1ccccc1S(N)(=O)=O. The average Bonchev–Trinajstić information content (AvgIpc) is 2.31. The second kappa shape index (κ2) is 4.72. The minimum absolute atomic E-state index is 0.107. The third-order valence-corrected chi connectivity index (χ3v) is 3.89. The Hall–Kier alpha value is -1.36. The van der Waals surface area contributed by atoms with Crippen molar-refractivity contribution < 1.29 is 8.42 Å². The maximum atomic E-state index is 11.6. The van der Waals surface area contributed by atoms with Gasteiger partial charge in [0.05, 0.1) is 4.90 Å². The van der Waals surface area contributed by atoms with E-state index in [1.807, 2.05) is 13.0 Å². The highest BCUT2D eigenvalue weighted by atomic mass is 35.5. The van der Waals surface area contributed by atoms with Crippen molar-refractivity contribution in [3.05, 3.63) is 53.1 Å². The van der Waals surface area contributed by atoms with Gasteiger partial charge in [-0.05, 0) is 36.2 Å². The molecule has 0 aromatic heterocycles. The maximum absolute atomic E-state index is 11.6. The Kier molecular flexibility index (Phi) is 3.43. The molecule has 0 fully saturated rings. The first-order chi connectivity index (χ1) is 8.39. The molecule has 0 unspecified atom stereocenters. The van der Waals surface area contributed by atoms with Gasteiger partial charge in [-0.25, -0.2) is 13.6 Å². The number of hydrogen-bond acceptors (Lipinski definition) is 2. The van der Waals surface area contributed by atoms with Gasteiger partial charge in [-0.15, -0.1) is 0 Å². The fraction of sp³-hybridized carbons (Fsp3) is 0.0769. The van der Waals surface area contributed by atoms with Crippen LogP contribution in [0.4, 0.5) is 0 Å². The van der Waals surface area contributed by atoms with E-state index >= 15 is 0 Å². The monoisotopic (exact) mass is 281 g/mol. The fourth-order valence-electron chi connectivity index (χ4n) is 1.82. The summed E-state index contributed by atoms with van der Waals surface area (Å²) in [5.41, 5.74) is 2.28. The Bertz CT molecular complexity index is 696. The van der Waals surface area contributed by atoms with Crippen LogP contribution >= 0.6 is 11.6 Å². The maximum Gasteiger partial charge on any atom is 0.238 e. The summed E-state index contributed by atoms with van der Waals surface area (Å²) in [5.74, 6) is 0. The Morgan fingerprint density at radius 1 is 1.06 bits per heavy atom. The molecule has 18 heavy (non-hydrogen) atoms. The predicted octanol–water partition coefficient (Wildman–Crippen LogP) is 2.96. The van der Waals surface area contributed by atoms with E-state index in [4.69, 9.17) is 16.7 Å². The molecule has 0 atom stereocenters. The van der Waals surface area contributed by atoms with Gasteiger partial charge < -0.3 is 0 Å². The van der Waals surface area contributed by atoms with Gasteiger partial charge in [0.25, 0.3) is 0 Å². The van der Waals surface area contributed by atoms with Crippen molar-refractivity contribution in [2.75, 3.05) is 0 Å². The molecule has 0 bridgehead atoms. The Morgan fingerprint density at radius 3 is 2.39 bits per heavy atom. The van der Waals surface area contributed by atoms with E-state index in [-0.39, 0.29) is 4.90 Å². The Morgan fingerprint density at radius 2 is 1.72 bits per heavy atom. The standard InChI is InChI=1S/C13H12ClNO2S/c1-9-6-7-10(14)8-12(9)11-4-2-3-5-13(11)18(15,16)17/h2-8H,1H3,(H2,15,16,17). The minimum atomic E-state index is -3.75. The minimum Gasteiger partial charge on any atom is -0.225 e. The van der Waals surface area contributed by atoms with Crippen LogP contribution in [0.1, 0.15) is 5.56 Å². The molecule has 0 saturated heterocycles. The highest BCUT2D eigenvalue weighted by Gasteiger charge is 2.15. The number of primary sulfonamides is 1. The summed E-state index contributed by atoms with van der Waals surface area (Å²) in [6.45, 7) is 1.89. The van der Waals surface area contributed by atoms with Gasteiger partial charge in [0.2, 0.25) is 10.0 Å². The van der Waals surface area contributed by atoms with Crippen molar-refractivity contribution in [2.24, 2.45) is 5.14 Å². The lowest BCUT2D eigenvalue weighted by Crippen LogP contribution is -2.13. The molecular formula is C13H12ClNO2S. The zero-order valence-electron chi connectivity index (χ0n) is 9.72. The lowest BCUT2D eigenvalue weighted by molar-refractivity contribution is 0.598. The number of rotatable bonds is 2. The lowest BCUT2D eigenvalue weighted by Gasteiger charge is -2.10. The molecule has 0 radical (unpaired) electrons. The number of halogens is 1. The van der Waals surface area contributed by atoms with Gasteiger partial charge in [0.15, 0.2) is 0 Å². The van der Waals surface area contributed by atoms with Crippen LogP contribution in [0.3, 0.4) is 0 Å². The molecule has 2 aromatic rings. The average molecular weight is 282 g/mol. The van der Waals surface area contributed by atoms with E-state index in [2.05, 4.69) is 0 Å². The molecule has 2 aromatic carbocycles. The normalized spacial score (nSPS) is 11.5. The number of nitrogens with two attached hydrogens (primary N) is 1. The summed E-state index contributed by atoms with van der Waals surface area (Å²) in [7, 11) is -3.75. The van der Waals surface area contributed by atoms with Gasteiger partial charge in [0.1, 0.15) is 0 Å². The Balaban J connectivity index is 2.76. The molecule has 94 valence electrons. The molecule has 0 aliphatic heterocycles. The summed E-state index contributed by atoms with van der Waals surface area (Å²) in [5, 5.41) is 5.78. The van der Waals surface area contributed by atoms with E-state index in [9.17, 15) is 8.42 Å². The molecule has 2 rings (SSSR count). The molecule has 0 heterocycles. The summed E-state index contributed by atoms with van der Waals surface area (Å²) >= 11 is 5.95. The third-order valence-electron chi connectivity index (χ3n) is 2.68. The lowest BCUT2D eigenvalue weighted by atomic mass is 10.0. The number of benzene rings is 2. The fourth-order valence-corrected chi connectivity index (χ4v) is 2.75. The molecule has 0 aliphatic carbocycles. The second-order valence-electron chi connectivity index (χ2n) is 4.00. The first kappa shape index (κ1) is 13.1. The van der Waals surface area contributed by atoms with E-state index in [0.29, 0.717) is 10.6 Å². The molecule has 5 heteroatoms. The van der Waals surface area contributed by atoms with E-state index in [0.717, 1.165) is 11.1 Å². The van der Waals surface area contributed by atoms with Crippen LogP contribution in [-0.2, 0) is 10.0 Å². The van der Waals surface area contributed by atoms with E-state index < -0.39 is 10.0 Å². The van der Waals surface area contributed by atoms with Crippen LogP contribution in [0.25, 0.3) is 11.1 Å². The molecule has 0 saturated carbocycles. The van der Waals surface area contributed by atoms with Crippen LogP contribution < -0.4 is 5.14 Å². The molecule has 0 aliphatic rings.